The third-order valence-electron chi connectivity index (χ3n) is 1.98. The Labute approximate surface area is 93.8 Å². The molecule has 1 aromatic carbocycles. The monoisotopic (exact) mass is 237 g/mol. The van der Waals surface area contributed by atoms with Gasteiger partial charge >= 0.3 is 0 Å². The summed E-state index contributed by atoms with van der Waals surface area (Å²) < 4.78 is 29.0. The van der Waals surface area contributed by atoms with Crippen molar-refractivity contribution in [2.75, 3.05) is 7.11 Å². The van der Waals surface area contributed by atoms with Gasteiger partial charge in [0.1, 0.15) is 5.75 Å². The van der Waals surface area contributed by atoms with Crippen LogP contribution in [0, 0.1) is 0 Å². The van der Waals surface area contributed by atoms with E-state index >= 15 is 0 Å². The van der Waals surface area contributed by atoms with E-state index in [1.54, 1.807) is 31.4 Å². The minimum absolute atomic E-state index is 0. The van der Waals surface area contributed by atoms with Gasteiger partial charge in [0.25, 0.3) is 0 Å². The van der Waals surface area contributed by atoms with E-state index in [-0.39, 0.29) is 18.8 Å². The molecule has 0 aliphatic heterocycles. The average molecular weight is 238 g/mol. The van der Waals surface area contributed by atoms with Crippen LogP contribution < -0.4 is 10.5 Å². The van der Waals surface area contributed by atoms with Crippen LogP contribution in [0.2, 0.25) is 0 Å². The SMILES string of the molecule is COc1ccc([C@H](N)CC(F)F)cc1.Cl. The van der Waals surface area contributed by atoms with E-state index in [1.165, 1.54) is 0 Å². The molecule has 1 aromatic rings. The van der Waals surface area contributed by atoms with Crippen LogP contribution in [0.1, 0.15) is 18.0 Å². The van der Waals surface area contributed by atoms with E-state index in [1.807, 2.05) is 0 Å². The Morgan fingerprint density at radius 3 is 2.20 bits per heavy atom. The second-order valence-corrected chi connectivity index (χ2v) is 3.01. The Bertz CT molecular complexity index is 279. The van der Waals surface area contributed by atoms with Crippen molar-refractivity contribution in [3.63, 3.8) is 0 Å². The van der Waals surface area contributed by atoms with Crippen molar-refractivity contribution < 1.29 is 13.5 Å². The van der Waals surface area contributed by atoms with Gasteiger partial charge in [-0.3, -0.25) is 0 Å². The van der Waals surface area contributed by atoms with Gasteiger partial charge in [0.15, 0.2) is 0 Å². The van der Waals surface area contributed by atoms with Crippen LogP contribution in [0.15, 0.2) is 24.3 Å². The molecular formula is C10H14ClF2NO. The zero-order valence-electron chi connectivity index (χ0n) is 8.32. The number of benzene rings is 1. The maximum atomic E-state index is 12.0. The van der Waals surface area contributed by atoms with Gasteiger partial charge in [-0.15, -0.1) is 12.4 Å². The molecular weight excluding hydrogens is 224 g/mol. The molecule has 2 N–H and O–H groups in total. The number of hydrogen-bond acceptors (Lipinski definition) is 2. The van der Waals surface area contributed by atoms with Gasteiger partial charge in [0, 0.05) is 12.5 Å². The second kappa shape index (κ2) is 6.58. The number of ether oxygens (including phenoxy) is 1. The van der Waals surface area contributed by atoms with Gasteiger partial charge in [-0.05, 0) is 17.7 Å². The van der Waals surface area contributed by atoms with Crippen molar-refractivity contribution in [3.8, 4) is 5.75 Å². The summed E-state index contributed by atoms with van der Waals surface area (Å²) in [6.45, 7) is 0. The number of halogens is 3. The van der Waals surface area contributed by atoms with Crippen LogP contribution in [0.5, 0.6) is 5.75 Å². The molecule has 0 saturated heterocycles. The molecule has 0 aliphatic carbocycles. The summed E-state index contributed by atoms with van der Waals surface area (Å²) in [6, 6.07) is 6.21. The van der Waals surface area contributed by atoms with Gasteiger partial charge < -0.3 is 10.5 Å². The molecule has 0 aromatic heterocycles. The normalized spacial score (nSPS) is 12.1. The fraction of sp³-hybridized carbons (Fsp3) is 0.400. The fourth-order valence-corrected chi connectivity index (χ4v) is 1.18. The molecule has 0 aliphatic rings. The van der Waals surface area contributed by atoms with Crippen LogP contribution in [0.4, 0.5) is 8.78 Å². The lowest BCUT2D eigenvalue weighted by Crippen LogP contribution is -2.13. The third kappa shape index (κ3) is 4.44. The lowest BCUT2D eigenvalue weighted by molar-refractivity contribution is 0.128. The van der Waals surface area contributed by atoms with Gasteiger partial charge in [-0.2, -0.15) is 0 Å². The Hall–Kier alpha value is -0.870. The summed E-state index contributed by atoms with van der Waals surface area (Å²) in [5, 5.41) is 0. The lowest BCUT2D eigenvalue weighted by Gasteiger charge is -2.11. The zero-order chi connectivity index (χ0) is 10.6. The summed E-state index contributed by atoms with van der Waals surface area (Å²) in [6.07, 6.45) is -2.68. The number of hydrogen-bond donors (Lipinski definition) is 1. The first-order chi connectivity index (χ1) is 6.63. The first-order valence-corrected chi connectivity index (χ1v) is 4.31. The van der Waals surface area contributed by atoms with E-state index < -0.39 is 12.5 Å². The Morgan fingerprint density at radius 1 is 1.27 bits per heavy atom. The molecule has 1 atom stereocenters. The average Bonchev–Trinajstić information content (AvgIpc) is 2.17. The molecule has 0 unspecified atom stereocenters. The molecule has 0 amide bonds. The van der Waals surface area contributed by atoms with Crippen molar-refractivity contribution in [1.29, 1.82) is 0 Å². The maximum Gasteiger partial charge on any atom is 0.240 e. The molecule has 0 fully saturated rings. The molecule has 1 rings (SSSR count). The number of rotatable bonds is 4. The Balaban J connectivity index is 0.00000196. The van der Waals surface area contributed by atoms with E-state index in [0.717, 1.165) is 0 Å². The largest absolute Gasteiger partial charge is 0.497 e. The minimum atomic E-state index is -2.37. The summed E-state index contributed by atoms with van der Waals surface area (Å²) in [5.41, 5.74) is 6.27. The Morgan fingerprint density at radius 2 is 1.80 bits per heavy atom. The van der Waals surface area contributed by atoms with Gasteiger partial charge in [0.05, 0.1) is 7.11 Å². The van der Waals surface area contributed by atoms with Gasteiger partial charge in [-0.1, -0.05) is 12.1 Å². The predicted molar refractivity (Wildman–Crippen MR) is 57.8 cm³/mol. The highest BCUT2D eigenvalue weighted by Gasteiger charge is 2.12. The van der Waals surface area contributed by atoms with E-state index in [2.05, 4.69) is 0 Å². The van der Waals surface area contributed by atoms with Gasteiger partial charge in [-0.25, -0.2) is 8.78 Å². The van der Waals surface area contributed by atoms with Crippen molar-refractivity contribution in [3.05, 3.63) is 29.8 Å². The Kier molecular flexibility index (Phi) is 6.20. The first-order valence-electron chi connectivity index (χ1n) is 4.31. The second-order valence-electron chi connectivity index (χ2n) is 3.01. The summed E-state index contributed by atoms with van der Waals surface area (Å²) >= 11 is 0. The molecule has 2 nitrogen and oxygen atoms in total. The van der Waals surface area contributed by atoms with Crippen LogP contribution >= 0.6 is 12.4 Å². The molecule has 15 heavy (non-hydrogen) atoms. The standard InChI is InChI=1S/C10H13F2NO.ClH/c1-14-8-4-2-7(3-5-8)9(13)6-10(11)12;/h2-5,9-10H,6,13H2,1H3;1H/t9-;/m1./s1. The summed E-state index contributed by atoms with van der Waals surface area (Å²) in [5.74, 6) is 0.693. The van der Waals surface area contributed by atoms with Crippen LogP contribution in [0.25, 0.3) is 0 Å². The van der Waals surface area contributed by atoms with E-state index in [4.69, 9.17) is 10.5 Å². The molecule has 0 bridgehead atoms. The number of nitrogens with two attached hydrogens (primary N) is 1. The summed E-state index contributed by atoms with van der Waals surface area (Å²) in [7, 11) is 1.55. The van der Waals surface area contributed by atoms with E-state index in [0.29, 0.717) is 11.3 Å². The number of methoxy groups -OCH3 is 1. The highest BCUT2D eigenvalue weighted by Crippen LogP contribution is 2.20. The van der Waals surface area contributed by atoms with Crippen LogP contribution in [0.3, 0.4) is 0 Å². The van der Waals surface area contributed by atoms with Crippen molar-refractivity contribution in [2.45, 2.75) is 18.9 Å². The highest BCUT2D eigenvalue weighted by molar-refractivity contribution is 5.85. The molecule has 0 spiro atoms. The molecule has 5 heteroatoms. The third-order valence-corrected chi connectivity index (χ3v) is 1.98. The smallest absolute Gasteiger partial charge is 0.240 e. The van der Waals surface area contributed by atoms with Crippen LogP contribution in [-0.4, -0.2) is 13.5 Å². The van der Waals surface area contributed by atoms with Crippen LogP contribution in [-0.2, 0) is 0 Å². The van der Waals surface area contributed by atoms with Gasteiger partial charge in [0.2, 0.25) is 6.43 Å². The molecule has 0 saturated carbocycles. The minimum Gasteiger partial charge on any atom is -0.497 e. The molecule has 86 valence electrons. The first kappa shape index (κ1) is 14.1. The topological polar surface area (TPSA) is 35.2 Å². The highest BCUT2D eigenvalue weighted by atomic mass is 35.5. The zero-order valence-corrected chi connectivity index (χ0v) is 9.14. The lowest BCUT2D eigenvalue weighted by atomic mass is 10.1. The maximum absolute atomic E-state index is 12.0. The quantitative estimate of drug-likeness (QED) is 0.874. The van der Waals surface area contributed by atoms with Crippen molar-refractivity contribution in [2.24, 2.45) is 5.73 Å². The molecule has 0 heterocycles. The van der Waals surface area contributed by atoms with Crippen molar-refractivity contribution in [1.82, 2.24) is 0 Å². The van der Waals surface area contributed by atoms with E-state index in [9.17, 15) is 8.78 Å². The number of alkyl halides is 2. The predicted octanol–water partition coefficient (Wildman–Crippen LogP) is 2.77. The fourth-order valence-electron chi connectivity index (χ4n) is 1.18. The summed E-state index contributed by atoms with van der Waals surface area (Å²) in [4.78, 5) is 0. The van der Waals surface area contributed by atoms with Crippen molar-refractivity contribution >= 4 is 12.4 Å². The molecule has 0 radical (unpaired) electrons.